The third-order valence-corrected chi connectivity index (χ3v) is 6.11. The van der Waals surface area contributed by atoms with Gasteiger partial charge in [0.2, 0.25) is 0 Å². The fraction of sp³-hybridized carbons (Fsp3) is 0.360. The smallest absolute Gasteiger partial charge is 0.274 e. The quantitative estimate of drug-likeness (QED) is 0.603. The molecule has 1 atom stereocenters. The highest BCUT2D eigenvalue weighted by atomic mass is 19.1. The SMILES string of the molecule is CCN(CC1COc2ccccc2O1)C(=O)c1nn(-c2ccc(F)cc2)c2c1CCCC2. The second-order valence-electron chi connectivity index (χ2n) is 8.21. The molecule has 1 amide bonds. The monoisotopic (exact) mass is 435 g/mol. The number of ether oxygens (including phenoxy) is 2. The van der Waals surface area contributed by atoms with E-state index in [4.69, 9.17) is 14.6 Å². The Labute approximate surface area is 186 Å². The average molecular weight is 435 g/mol. The number of hydrogen-bond donors (Lipinski definition) is 0. The lowest BCUT2D eigenvalue weighted by molar-refractivity contribution is 0.0470. The predicted octanol–water partition coefficient (Wildman–Crippen LogP) is 4.19. The molecule has 3 aromatic rings. The molecule has 0 spiro atoms. The van der Waals surface area contributed by atoms with Gasteiger partial charge >= 0.3 is 0 Å². The van der Waals surface area contributed by atoms with Crippen LogP contribution in [0.25, 0.3) is 5.69 Å². The van der Waals surface area contributed by atoms with Crippen LogP contribution in [0.15, 0.2) is 48.5 Å². The average Bonchev–Trinajstić information content (AvgIpc) is 3.22. The molecular formula is C25H26FN3O3. The molecule has 0 saturated heterocycles. The number of carbonyl (C=O) groups excluding carboxylic acids is 1. The van der Waals surface area contributed by atoms with Crippen LogP contribution in [0.3, 0.4) is 0 Å². The minimum Gasteiger partial charge on any atom is -0.486 e. The molecule has 5 rings (SSSR count). The number of aromatic nitrogens is 2. The van der Waals surface area contributed by atoms with E-state index in [1.807, 2.05) is 35.9 Å². The Morgan fingerprint density at radius 3 is 2.66 bits per heavy atom. The third kappa shape index (κ3) is 3.83. The van der Waals surface area contributed by atoms with Gasteiger partial charge in [0, 0.05) is 17.8 Å². The second-order valence-corrected chi connectivity index (χ2v) is 8.21. The standard InChI is InChI=1S/C25H26FN3O3/c1-2-28(15-19-16-31-22-9-5-6-10-23(22)32-19)25(30)24-20-7-3-4-8-21(20)29(27-24)18-13-11-17(26)12-14-18/h5-6,9-14,19H,2-4,7-8,15-16H2,1H3. The van der Waals surface area contributed by atoms with Crippen molar-refractivity contribution in [3.8, 4) is 17.2 Å². The third-order valence-electron chi connectivity index (χ3n) is 6.11. The first-order valence-corrected chi connectivity index (χ1v) is 11.2. The summed E-state index contributed by atoms with van der Waals surface area (Å²) in [6.07, 6.45) is 3.52. The summed E-state index contributed by atoms with van der Waals surface area (Å²) in [5, 5.41) is 4.72. The molecule has 0 saturated carbocycles. The lowest BCUT2D eigenvalue weighted by Gasteiger charge is -2.30. The van der Waals surface area contributed by atoms with Crippen LogP contribution < -0.4 is 9.47 Å². The van der Waals surface area contributed by atoms with E-state index in [0.717, 1.165) is 48.4 Å². The number of likely N-dealkylation sites (N-methyl/N-ethyl adjacent to an activating group) is 1. The number of carbonyl (C=O) groups is 1. The van der Waals surface area contributed by atoms with E-state index in [9.17, 15) is 9.18 Å². The van der Waals surface area contributed by atoms with E-state index in [1.165, 1.54) is 12.1 Å². The van der Waals surface area contributed by atoms with Gasteiger partial charge in [-0.05, 0) is 69.0 Å². The lowest BCUT2D eigenvalue weighted by atomic mass is 9.95. The molecule has 2 aromatic carbocycles. The molecule has 166 valence electrons. The first kappa shape index (κ1) is 20.5. The Morgan fingerprint density at radius 2 is 1.88 bits per heavy atom. The Balaban J connectivity index is 1.41. The fourth-order valence-electron chi connectivity index (χ4n) is 4.47. The number of nitrogens with zero attached hydrogens (tertiary/aromatic N) is 3. The molecule has 32 heavy (non-hydrogen) atoms. The van der Waals surface area contributed by atoms with E-state index in [1.54, 1.807) is 17.0 Å². The Hall–Kier alpha value is -3.35. The van der Waals surface area contributed by atoms with Crippen LogP contribution in [0.2, 0.25) is 0 Å². The molecule has 7 heteroatoms. The van der Waals surface area contributed by atoms with Gasteiger partial charge in [0.15, 0.2) is 23.3 Å². The minimum atomic E-state index is -0.292. The van der Waals surface area contributed by atoms with Gasteiger partial charge in [0.05, 0.1) is 12.2 Å². The second kappa shape index (κ2) is 8.65. The maximum Gasteiger partial charge on any atom is 0.274 e. The number of amides is 1. The van der Waals surface area contributed by atoms with Crippen molar-refractivity contribution >= 4 is 5.91 Å². The summed E-state index contributed by atoms with van der Waals surface area (Å²) >= 11 is 0. The molecule has 1 aliphatic carbocycles. The molecule has 1 aliphatic heterocycles. The zero-order chi connectivity index (χ0) is 22.1. The number of rotatable bonds is 5. The maximum atomic E-state index is 13.6. The number of hydrogen-bond acceptors (Lipinski definition) is 4. The van der Waals surface area contributed by atoms with Crippen molar-refractivity contribution in [2.45, 2.75) is 38.7 Å². The first-order chi connectivity index (χ1) is 15.6. The molecule has 0 radical (unpaired) electrons. The summed E-state index contributed by atoms with van der Waals surface area (Å²) in [7, 11) is 0. The lowest BCUT2D eigenvalue weighted by Crippen LogP contribution is -2.44. The van der Waals surface area contributed by atoms with Crippen molar-refractivity contribution in [3.63, 3.8) is 0 Å². The van der Waals surface area contributed by atoms with Crippen molar-refractivity contribution in [1.29, 1.82) is 0 Å². The van der Waals surface area contributed by atoms with Gasteiger partial charge in [-0.2, -0.15) is 5.10 Å². The van der Waals surface area contributed by atoms with Gasteiger partial charge in [0.25, 0.3) is 5.91 Å². The molecule has 2 aliphatic rings. The zero-order valence-electron chi connectivity index (χ0n) is 18.1. The van der Waals surface area contributed by atoms with E-state index in [-0.39, 0.29) is 17.8 Å². The summed E-state index contributed by atoms with van der Waals surface area (Å²) < 4.78 is 27.1. The molecule has 0 bridgehead atoms. The molecule has 0 N–H and O–H groups in total. The summed E-state index contributed by atoms with van der Waals surface area (Å²) in [6, 6.07) is 13.8. The van der Waals surface area contributed by atoms with Crippen LogP contribution in [0, 0.1) is 5.82 Å². The van der Waals surface area contributed by atoms with Crippen molar-refractivity contribution in [2.24, 2.45) is 0 Å². The number of fused-ring (bicyclic) bond motifs is 2. The van der Waals surface area contributed by atoms with Gasteiger partial charge in [-0.3, -0.25) is 4.79 Å². The summed E-state index contributed by atoms with van der Waals surface area (Å²) in [5.41, 5.74) is 3.32. The number of halogens is 1. The summed E-state index contributed by atoms with van der Waals surface area (Å²) in [5.74, 6) is 1.03. The van der Waals surface area contributed by atoms with Crippen LogP contribution in [0.4, 0.5) is 4.39 Å². The van der Waals surface area contributed by atoms with Crippen molar-refractivity contribution in [2.75, 3.05) is 19.7 Å². The molecule has 0 fully saturated rings. The van der Waals surface area contributed by atoms with Gasteiger partial charge in [-0.25, -0.2) is 9.07 Å². The predicted molar refractivity (Wildman–Crippen MR) is 118 cm³/mol. The summed E-state index contributed by atoms with van der Waals surface area (Å²) in [4.78, 5) is 15.3. The molecule has 6 nitrogen and oxygen atoms in total. The highest BCUT2D eigenvalue weighted by Gasteiger charge is 2.30. The largest absolute Gasteiger partial charge is 0.486 e. The molecule has 1 unspecified atom stereocenters. The van der Waals surface area contributed by atoms with E-state index in [2.05, 4.69) is 0 Å². The highest BCUT2D eigenvalue weighted by molar-refractivity contribution is 5.94. The van der Waals surface area contributed by atoms with Crippen molar-refractivity contribution < 1.29 is 18.7 Å². The van der Waals surface area contributed by atoms with Crippen LogP contribution in [-0.4, -0.2) is 46.4 Å². The zero-order valence-corrected chi connectivity index (χ0v) is 18.1. The minimum absolute atomic E-state index is 0.103. The molecule has 2 heterocycles. The van der Waals surface area contributed by atoms with Crippen molar-refractivity contribution in [1.82, 2.24) is 14.7 Å². The molecule has 1 aromatic heterocycles. The van der Waals surface area contributed by atoms with Gasteiger partial charge in [-0.1, -0.05) is 12.1 Å². The van der Waals surface area contributed by atoms with E-state index < -0.39 is 0 Å². The Kier molecular flexibility index (Phi) is 5.55. The van der Waals surface area contributed by atoms with Gasteiger partial charge < -0.3 is 14.4 Å². The van der Waals surface area contributed by atoms with Crippen LogP contribution in [-0.2, 0) is 12.8 Å². The molecular weight excluding hydrogens is 409 g/mol. The summed E-state index contributed by atoms with van der Waals surface area (Å²) in [6.45, 7) is 3.31. The first-order valence-electron chi connectivity index (χ1n) is 11.2. The van der Waals surface area contributed by atoms with E-state index in [0.29, 0.717) is 31.1 Å². The Morgan fingerprint density at radius 1 is 1.12 bits per heavy atom. The number of para-hydroxylation sites is 2. The van der Waals surface area contributed by atoms with Crippen LogP contribution in [0.5, 0.6) is 11.5 Å². The number of benzene rings is 2. The van der Waals surface area contributed by atoms with Crippen LogP contribution in [0.1, 0.15) is 41.5 Å². The normalized spacial score (nSPS) is 17.0. The topological polar surface area (TPSA) is 56.6 Å². The maximum absolute atomic E-state index is 13.6. The highest BCUT2D eigenvalue weighted by Crippen LogP contribution is 2.32. The van der Waals surface area contributed by atoms with Gasteiger partial charge in [0.1, 0.15) is 12.4 Å². The Bertz CT molecular complexity index is 1130. The van der Waals surface area contributed by atoms with Crippen molar-refractivity contribution in [3.05, 3.63) is 71.3 Å². The van der Waals surface area contributed by atoms with Gasteiger partial charge in [-0.15, -0.1) is 0 Å². The fourth-order valence-corrected chi connectivity index (χ4v) is 4.47. The van der Waals surface area contributed by atoms with Crippen LogP contribution >= 0.6 is 0 Å². The van der Waals surface area contributed by atoms with E-state index >= 15 is 0 Å².